The van der Waals surface area contributed by atoms with Gasteiger partial charge in [0.25, 0.3) is 0 Å². The molecule has 2 heterocycles. The first kappa shape index (κ1) is 17.4. The molecule has 2 saturated carbocycles. The smallest absolute Gasteiger partial charge is 0.238 e. The number of carbonyl (C=O) groups is 1. The van der Waals surface area contributed by atoms with Crippen LogP contribution in [0.15, 0.2) is 60.0 Å². The third-order valence-electron chi connectivity index (χ3n) is 5.00. The maximum Gasteiger partial charge on any atom is 0.238 e. The highest BCUT2D eigenvalue weighted by molar-refractivity contribution is 8.00. The van der Waals surface area contributed by atoms with Crippen molar-refractivity contribution in [2.24, 2.45) is 0 Å². The van der Waals surface area contributed by atoms with Crippen LogP contribution in [0.1, 0.15) is 42.5 Å². The van der Waals surface area contributed by atoms with Gasteiger partial charge in [0.2, 0.25) is 5.91 Å². The van der Waals surface area contributed by atoms with Crippen molar-refractivity contribution in [1.29, 1.82) is 0 Å². The molecule has 2 fully saturated rings. The Morgan fingerprint density at radius 2 is 1.79 bits per heavy atom. The van der Waals surface area contributed by atoms with Crippen molar-refractivity contribution in [2.45, 2.75) is 48.2 Å². The number of pyridine rings is 1. The zero-order valence-electron chi connectivity index (χ0n) is 15.4. The lowest BCUT2D eigenvalue weighted by Gasteiger charge is -2.17. The molecule has 5 rings (SSSR count). The van der Waals surface area contributed by atoms with Gasteiger partial charge in [0.1, 0.15) is 5.25 Å². The van der Waals surface area contributed by atoms with Gasteiger partial charge < -0.3 is 5.32 Å². The Kier molecular flexibility index (Phi) is 4.60. The molecule has 0 unspecified atom stereocenters. The lowest BCUT2D eigenvalue weighted by atomic mass is 10.1. The minimum Gasteiger partial charge on any atom is -0.352 e. The van der Waals surface area contributed by atoms with E-state index in [9.17, 15) is 4.79 Å². The molecule has 2 aliphatic rings. The number of hydrogen-bond donors (Lipinski definition) is 1. The second-order valence-electron chi connectivity index (χ2n) is 7.33. The standard InChI is InChI=1S/C21H21N5OS/c27-20(23-16-6-7-16)18(14-4-2-1-3-5-14)28-21-25-24-19(26(21)17-8-9-17)15-10-12-22-13-11-15/h1-5,10-13,16-18H,6-9H2,(H,23,27)/t18-/m1/s1. The lowest BCUT2D eigenvalue weighted by molar-refractivity contribution is -0.120. The highest BCUT2D eigenvalue weighted by atomic mass is 32.2. The van der Waals surface area contributed by atoms with Gasteiger partial charge in [-0.15, -0.1) is 10.2 Å². The molecule has 1 N–H and O–H groups in total. The predicted octanol–water partition coefficient (Wildman–Crippen LogP) is 3.79. The third-order valence-corrected chi connectivity index (χ3v) is 6.21. The van der Waals surface area contributed by atoms with E-state index in [0.717, 1.165) is 47.8 Å². The van der Waals surface area contributed by atoms with E-state index in [1.165, 1.54) is 11.8 Å². The van der Waals surface area contributed by atoms with E-state index in [1.54, 1.807) is 12.4 Å². The molecule has 0 aliphatic heterocycles. The summed E-state index contributed by atoms with van der Waals surface area (Å²) < 4.78 is 2.19. The number of rotatable bonds is 7. The number of carbonyl (C=O) groups excluding carboxylic acids is 1. The predicted molar refractivity (Wildman–Crippen MR) is 108 cm³/mol. The molecule has 0 saturated heterocycles. The highest BCUT2D eigenvalue weighted by Gasteiger charge is 2.34. The van der Waals surface area contributed by atoms with E-state index in [0.29, 0.717) is 12.1 Å². The molecule has 6 nitrogen and oxygen atoms in total. The normalized spacial score (nSPS) is 17.3. The summed E-state index contributed by atoms with van der Waals surface area (Å²) in [6, 6.07) is 14.6. The van der Waals surface area contributed by atoms with Crippen LogP contribution in [0.5, 0.6) is 0 Å². The molecule has 2 aliphatic carbocycles. The Morgan fingerprint density at radius 1 is 1.04 bits per heavy atom. The van der Waals surface area contributed by atoms with Crippen LogP contribution in [0, 0.1) is 0 Å². The van der Waals surface area contributed by atoms with Gasteiger partial charge in [-0.1, -0.05) is 42.1 Å². The number of nitrogens with one attached hydrogen (secondary N) is 1. The number of benzene rings is 1. The summed E-state index contributed by atoms with van der Waals surface area (Å²) in [6.45, 7) is 0. The van der Waals surface area contributed by atoms with Gasteiger partial charge in [-0.2, -0.15) is 0 Å². The van der Waals surface area contributed by atoms with Gasteiger partial charge in [-0.3, -0.25) is 14.3 Å². The fourth-order valence-electron chi connectivity index (χ4n) is 3.23. The maximum absolute atomic E-state index is 13.0. The fourth-order valence-corrected chi connectivity index (χ4v) is 4.34. The van der Waals surface area contributed by atoms with E-state index >= 15 is 0 Å². The zero-order chi connectivity index (χ0) is 18.9. The Labute approximate surface area is 167 Å². The molecule has 142 valence electrons. The molecule has 2 aromatic heterocycles. The number of nitrogens with zero attached hydrogens (tertiary/aromatic N) is 4. The molecular formula is C21H21N5OS. The van der Waals surface area contributed by atoms with Crippen molar-refractivity contribution in [3.05, 3.63) is 60.4 Å². The number of aromatic nitrogens is 4. The molecule has 7 heteroatoms. The third kappa shape index (κ3) is 3.67. The molecule has 3 aromatic rings. The van der Waals surface area contributed by atoms with Crippen molar-refractivity contribution in [3.8, 4) is 11.4 Å². The van der Waals surface area contributed by atoms with E-state index in [2.05, 4.69) is 25.1 Å². The first-order chi connectivity index (χ1) is 13.8. The van der Waals surface area contributed by atoms with E-state index < -0.39 is 0 Å². The van der Waals surface area contributed by atoms with Crippen molar-refractivity contribution < 1.29 is 4.79 Å². The van der Waals surface area contributed by atoms with Gasteiger partial charge in [0.15, 0.2) is 11.0 Å². The summed E-state index contributed by atoms with van der Waals surface area (Å²) >= 11 is 1.49. The largest absolute Gasteiger partial charge is 0.352 e. The van der Waals surface area contributed by atoms with E-state index in [1.807, 2.05) is 42.5 Å². The molecule has 0 bridgehead atoms. The van der Waals surface area contributed by atoms with Gasteiger partial charge >= 0.3 is 0 Å². The minimum atomic E-state index is -0.339. The quantitative estimate of drug-likeness (QED) is 0.621. The van der Waals surface area contributed by atoms with E-state index in [4.69, 9.17) is 0 Å². The Balaban J connectivity index is 1.49. The summed E-state index contributed by atoms with van der Waals surface area (Å²) in [7, 11) is 0. The Bertz CT molecular complexity index is 967. The molecule has 1 aromatic carbocycles. The van der Waals surface area contributed by atoms with Crippen LogP contribution in [0.2, 0.25) is 0 Å². The van der Waals surface area contributed by atoms with Crippen molar-refractivity contribution in [1.82, 2.24) is 25.1 Å². The van der Waals surface area contributed by atoms with E-state index in [-0.39, 0.29) is 11.2 Å². The number of hydrogen-bond acceptors (Lipinski definition) is 5. The molecule has 0 radical (unpaired) electrons. The summed E-state index contributed by atoms with van der Waals surface area (Å²) in [5, 5.41) is 12.5. The van der Waals surface area contributed by atoms with Crippen LogP contribution < -0.4 is 5.32 Å². The number of thioether (sulfide) groups is 1. The average molecular weight is 392 g/mol. The monoisotopic (exact) mass is 391 g/mol. The first-order valence-corrected chi connectivity index (χ1v) is 10.5. The molecule has 0 spiro atoms. The maximum atomic E-state index is 13.0. The second kappa shape index (κ2) is 7.39. The number of amides is 1. The Morgan fingerprint density at radius 3 is 2.46 bits per heavy atom. The van der Waals surface area contributed by atoms with Crippen LogP contribution >= 0.6 is 11.8 Å². The second-order valence-corrected chi connectivity index (χ2v) is 8.41. The highest BCUT2D eigenvalue weighted by Crippen LogP contribution is 2.44. The summed E-state index contributed by atoms with van der Waals surface area (Å²) in [6.07, 6.45) is 7.92. The van der Waals surface area contributed by atoms with Crippen LogP contribution in [-0.4, -0.2) is 31.7 Å². The van der Waals surface area contributed by atoms with Crippen molar-refractivity contribution in [3.63, 3.8) is 0 Å². The SMILES string of the molecule is O=C(NC1CC1)[C@H](Sc1nnc(-c2ccncc2)n1C1CC1)c1ccccc1. The van der Waals surface area contributed by atoms with Crippen LogP contribution in [0.4, 0.5) is 0 Å². The van der Waals surface area contributed by atoms with Crippen LogP contribution in [0.3, 0.4) is 0 Å². The van der Waals surface area contributed by atoms with Gasteiger partial charge in [-0.05, 0) is 43.4 Å². The molecule has 1 atom stereocenters. The Hall–Kier alpha value is -2.67. The van der Waals surface area contributed by atoms with Gasteiger partial charge in [-0.25, -0.2) is 0 Å². The zero-order valence-corrected chi connectivity index (χ0v) is 16.2. The molecule has 28 heavy (non-hydrogen) atoms. The summed E-state index contributed by atoms with van der Waals surface area (Å²) in [4.78, 5) is 17.1. The molecule has 1 amide bonds. The first-order valence-electron chi connectivity index (χ1n) is 9.67. The van der Waals surface area contributed by atoms with Crippen molar-refractivity contribution in [2.75, 3.05) is 0 Å². The summed E-state index contributed by atoms with van der Waals surface area (Å²) in [5.74, 6) is 0.899. The summed E-state index contributed by atoms with van der Waals surface area (Å²) in [5.41, 5.74) is 1.99. The lowest BCUT2D eigenvalue weighted by Crippen LogP contribution is -2.30. The van der Waals surface area contributed by atoms with Gasteiger partial charge in [0.05, 0.1) is 0 Å². The minimum absolute atomic E-state index is 0.0505. The molecular weight excluding hydrogens is 370 g/mol. The topological polar surface area (TPSA) is 72.7 Å². The average Bonchev–Trinajstić information content (AvgIpc) is 3.67. The van der Waals surface area contributed by atoms with Crippen LogP contribution in [-0.2, 0) is 4.79 Å². The van der Waals surface area contributed by atoms with Gasteiger partial charge in [0, 0.05) is 30.0 Å². The van der Waals surface area contributed by atoms with Crippen molar-refractivity contribution >= 4 is 17.7 Å². The fraction of sp³-hybridized carbons (Fsp3) is 0.333. The van der Waals surface area contributed by atoms with Crippen LogP contribution in [0.25, 0.3) is 11.4 Å².